The lowest BCUT2D eigenvalue weighted by Crippen LogP contribution is -1.86. The Labute approximate surface area is 118 Å². The summed E-state index contributed by atoms with van der Waals surface area (Å²) in [4.78, 5) is 4.45. The summed E-state index contributed by atoms with van der Waals surface area (Å²) in [5.74, 6) is 1.29. The molecule has 0 amide bonds. The first-order chi connectivity index (χ1) is 9.15. The molecule has 96 valence electrons. The highest BCUT2D eigenvalue weighted by molar-refractivity contribution is 9.10. The third kappa shape index (κ3) is 2.29. The Bertz CT molecular complexity index is 732. The third-order valence-corrected chi connectivity index (χ3v) is 3.22. The molecule has 0 aliphatic heterocycles. The molecule has 0 atom stereocenters. The first kappa shape index (κ1) is 12.0. The molecule has 19 heavy (non-hydrogen) atoms. The standard InChI is InChI=1S/C14H11BrN2O2/c1-18-11-2-3-13-12(7-11)17-14(19-13)8-4-9(15)6-10(16)5-8/h2-7H,16H2,1H3. The molecule has 5 heteroatoms. The first-order valence-electron chi connectivity index (χ1n) is 5.67. The molecule has 2 N–H and O–H groups in total. The van der Waals surface area contributed by atoms with E-state index in [0.717, 1.165) is 21.3 Å². The van der Waals surface area contributed by atoms with Crippen molar-refractivity contribution in [1.29, 1.82) is 0 Å². The molecule has 0 aliphatic carbocycles. The van der Waals surface area contributed by atoms with Gasteiger partial charge in [0.1, 0.15) is 11.3 Å². The second kappa shape index (κ2) is 4.59. The van der Waals surface area contributed by atoms with Crippen molar-refractivity contribution >= 4 is 32.7 Å². The molecule has 2 aromatic carbocycles. The summed E-state index contributed by atoms with van der Waals surface area (Å²) in [7, 11) is 1.62. The van der Waals surface area contributed by atoms with Crippen molar-refractivity contribution in [3.63, 3.8) is 0 Å². The van der Waals surface area contributed by atoms with Crippen LogP contribution >= 0.6 is 15.9 Å². The summed E-state index contributed by atoms with van der Waals surface area (Å²) >= 11 is 3.41. The predicted molar refractivity (Wildman–Crippen MR) is 78.1 cm³/mol. The van der Waals surface area contributed by atoms with Crippen molar-refractivity contribution in [2.24, 2.45) is 0 Å². The van der Waals surface area contributed by atoms with Crippen LogP contribution in [-0.4, -0.2) is 12.1 Å². The van der Waals surface area contributed by atoms with Crippen LogP contribution in [0.1, 0.15) is 0 Å². The Kier molecular flexibility index (Phi) is 2.91. The van der Waals surface area contributed by atoms with Crippen LogP contribution in [0.15, 0.2) is 45.3 Å². The molecule has 0 saturated carbocycles. The van der Waals surface area contributed by atoms with Crippen molar-refractivity contribution in [3.8, 4) is 17.2 Å². The monoisotopic (exact) mass is 318 g/mol. The molecule has 0 saturated heterocycles. The summed E-state index contributed by atoms with van der Waals surface area (Å²) < 4.78 is 11.8. The van der Waals surface area contributed by atoms with Crippen LogP contribution < -0.4 is 10.5 Å². The number of rotatable bonds is 2. The fourth-order valence-electron chi connectivity index (χ4n) is 1.89. The number of nitrogens with two attached hydrogens (primary N) is 1. The Morgan fingerprint density at radius 2 is 2.05 bits per heavy atom. The highest BCUT2D eigenvalue weighted by atomic mass is 79.9. The molecular weight excluding hydrogens is 308 g/mol. The van der Waals surface area contributed by atoms with Gasteiger partial charge in [-0.1, -0.05) is 15.9 Å². The molecule has 0 bridgehead atoms. The quantitative estimate of drug-likeness (QED) is 0.729. The van der Waals surface area contributed by atoms with Gasteiger partial charge in [0, 0.05) is 21.8 Å². The van der Waals surface area contributed by atoms with Gasteiger partial charge >= 0.3 is 0 Å². The molecule has 3 rings (SSSR count). The number of fused-ring (bicyclic) bond motifs is 1. The van der Waals surface area contributed by atoms with E-state index in [1.54, 1.807) is 7.11 Å². The summed E-state index contributed by atoms with van der Waals surface area (Å²) in [5, 5.41) is 0. The van der Waals surface area contributed by atoms with E-state index in [9.17, 15) is 0 Å². The van der Waals surface area contributed by atoms with Gasteiger partial charge < -0.3 is 14.9 Å². The molecule has 4 nitrogen and oxygen atoms in total. The maximum absolute atomic E-state index is 5.82. The lowest BCUT2D eigenvalue weighted by Gasteiger charge is -1.99. The van der Waals surface area contributed by atoms with Crippen molar-refractivity contribution in [2.75, 3.05) is 12.8 Å². The number of oxazole rings is 1. The van der Waals surface area contributed by atoms with Crippen molar-refractivity contribution < 1.29 is 9.15 Å². The number of nitrogen functional groups attached to an aromatic ring is 1. The van der Waals surface area contributed by atoms with E-state index in [0.29, 0.717) is 17.2 Å². The van der Waals surface area contributed by atoms with Crippen LogP contribution in [0.5, 0.6) is 5.75 Å². The molecule has 0 spiro atoms. The molecule has 0 fully saturated rings. The highest BCUT2D eigenvalue weighted by Crippen LogP contribution is 2.29. The van der Waals surface area contributed by atoms with E-state index in [4.69, 9.17) is 14.9 Å². The zero-order chi connectivity index (χ0) is 13.4. The molecule has 1 aromatic heterocycles. The van der Waals surface area contributed by atoms with E-state index >= 15 is 0 Å². The van der Waals surface area contributed by atoms with Gasteiger partial charge in [-0.25, -0.2) is 4.98 Å². The maximum Gasteiger partial charge on any atom is 0.227 e. The number of nitrogens with zero attached hydrogens (tertiary/aromatic N) is 1. The normalized spacial score (nSPS) is 10.8. The van der Waals surface area contributed by atoms with Crippen LogP contribution in [-0.2, 0) is 0 Å². The van der Waals surface area contributed by atoms with Gasteiger partial charge in [0.15, 0.2) is 5.58 Å². The maximum atomic E-state index is 5.82. The van der Waals surface area contributed by atoms with Crippen LogP contribution in [0, 0.1) is 0 Å². The van der Waals surface area contributed by atoms with Gasteiger partial charge in [-0.15, -0.1) is 0 Å². The van der Waals surface area contributed by atoms with E-state index in [2.05, 4.69) is 20.9 Å². The van der Waals surface area contributed by atoms with E-state index in [1.165, 1.54) is 0 Å². The van der Waals surface area contributed by atoms with E-state index in [1.807, 2.05) is 36.4 Å². The lowest BCUT2D eigenvalue weighted by molar-refractivity contribution is 0.415. The van der Waals surface area contributed by atoms with E-state index in [-0.39, 0.29) is 0 Å². The average Bonchev–Trinajstić information content (AvgIpc) is 2.80. The Morgan fingerprint density at radius 3 is 2.79 bits per heavy atom. The van der Waals surface area contributed by atoms with Gasteiger partial charge in [0.05, 0.1) is 7.11 Å². The number of methoxy groups -OCH3 is 1. The topological polar surface area (TPSA) is 61.3 Å². The number of ether oxygens (including phenoxy) is 1. The SMILES string of the molecule is COc1ccc2oc(-c3cc(N)cc(Br)c3)nc2c1. The fourth-order valence-corrected chi connectivity index (χ4v) is 2.40. The zero-order valence-electron chi connectivity index (χ0n) is 10.2. The molecular formula is C14H11BrN2O2. The molecule has 3 aromatic rings. The Hall–Kier alpha value is -2.01. The van der Waals surface area contributed by atoms with Crippen LogP contribution in [0.3, 0.4) is 0 Å². The summed E-state index contributed by atoms with van der Waals surface area (Å²) in [5.41, 5.74) is 8.78. The summed E-state index contributed by atoms with van der Waals surface area (Å²) in [6.45, 7) is 0. The summed E-state index contributed by atoms with van der Waals surface area (Å²) in [6.07, 6.45) is 0. The number of hydrogen-bond acceptors (Lipinski definition) is 4. The van der Waals surface area contributed by atoms with Gasteiger partial charge in [-0.05, 0) is 30.3 Å². The molecule has 0 radical (unpaired) electrons. The number of aromatic nitrogens is 1. The molecule has 0 aliphatic rings. The van der Waals surface area contributed by atoms with Gasteiger partial charge in [0.2, 0.25) is 5.89 Å². The lowest BCUT2D eigenvalue weighted by atomic mass is 10.2. The van der Waals surface area contributed by atoms with Crippen LogP contribution in [0.4, 0.5) is 5.69 Å². The van der Waals surface area contributed by atoms with E-state index < -0.39 is 0 Å². The van der Waals surface area contributed by atoms with Crippen LogP contribution in [0.2, 0.25) is 0 Å². The third-order valence-electron chi connectivity index (χ3n) is 2.76. The van der Waals surface area contributed by atoms with Crippen molar-refractivity contribution in [1.82, 2.24) is 4.98 Å². The minimum absolute atomic E-state index is 0.538. The fraction of sp³-hybridized carbons (Fsp3) is 0.0714. The zero-order valence-corrected chi connectivity index (χ0v) is 11.8. The van der Waals surface area contributed by atoms with Gasteiger partial charge in [0.25, 0.3) is 0 Å². The summed E-state index contributed by atoms with van der Waals surface area (Å²) in [6, 6.07) is 11.1. The smallest absolute Gasteiger partial charge is 0.227 e. The average molecular weight is 319 g/mol. The number of hydrogen-bond donors (Lipinski definition) is 1. The highest BCUT2D eigenvalue weighted by Gasteiger charge is 2.10. The van der Waals surface area contributed by atoms with Gasteiger partial charge in [-0.2, -0.15) is 0 Å². The Morgan fingerprint density at radius 1 is 1.21 bits per heavy atom. The second-order valence-electron chi connectivity index (χ2n) is 4.13. The van der Waals surface area contributed by atoms with Crippen molar-refractivity contribution in [2.45, 2.75) is 0 Å². The minimum atomic E-state index is 0.538. The van der Waals surface area contributed by atoms with Crippen LogP contribution in [0.25, 0.3) is 22.6 Å². The predicted octanol–water partition coefficient (Wildman–Crippen LogP) is 3.85. The second-order valence-corrected chi connectivity index (χ2v) is 5.04. The number of anilines is 1. The molecule has 0 unspecified atom stereocenters. The minimum Gasteiger partial charge on any atom is -0.497 e. The largest absolute Gasteiger partial charge is 0.497 e. The Balaban J connectivity index is 2.14. The molecule has 1 heterocycles. The number of benzene rings is 2. The number of halogens is 1. The van der Waals surface area contributed by atoms with Gasteiger partial charge in [-0.3, -0.25) is 0 Å². The van der Waals surface area contributed by atoms with Crippen molar-refractivity contribution in [3.05, 3.63) is 40.9 Å². The first-order valence-corrected chi connectivity index (χ1v) is 6.46.